The lowest BCUT2D eigenvalue weighted by Crippen LogP contribution is -2.02. The molecule has 0 radical (unpaired) electrons. The van der Waals surface area contributed by atoms with Crippen LogP contribution in [-0.2, 0) is 11.0 Å². The maximum Gasteiger partial charge on any atom is 0.168 e. The van der Waals surface area contributed by atoms with Crippen LogP contribution in [-0.4, -0.2) is 20.8 Å². The van der Waals surface area contributed by atoms with Crippen molar-refractivity contribution in [3.8, 4) is 11.3 Å². The Balaban J connectivity index is 2.07. The van der Waals surface area contributed by atoms with E-state index in [0.29, 0.717) is 5.58 Å². The summed E-state index contributed by atoms with van der Waals surface area (Å²) in [6.45, 7) is 3.75. The largest absolute Gasteiger partial charge is 0.356 e. The Labute approximate surface area is 145 Å². The van der Waals surface area contributed by atoms with Crippen LogP contribution >= 0.6 is 15.9 Å². The quantitative estimate of drug-likeness (QED) is 0.604. The van der Waals surface area contributed by atoms with Gasteiger partial charge in [-0.3, -0.25) is 0 Å². The van der Waals surface area contributed by atoms with Gasteiger partial charge in [-0.05, 0) is 32.0 Å². The molecule has 1 atom stereocenters. The van der Waals surface area contributed by atoms with Gasteiger partial charge in [0.25, 0.3) is 0 Å². The van der Waals surface area contributed by atoms with Crippen molar-refractivity contribution in [3.63, 3.8) is 0 Å². The van der Waals surface area contributed by atoms with Crippen LogP contribution in [0.25, 0.3) is 22.2 Å². The predicted octanol–water partition coefficient (Wildman–Crippen LogP) is 4.75. The van der Waals surface area contributed by atoms with E-state index in [-0.39, 0.29) is 5.25 Å². The van der Waals surface area contributed by atoms with E-state index in [4.69, 9.17) is 4.52 Å². The molecule has 0 N–H and O–H groups in total. The fourth-order valence-corrected chi connectivity index (χ4v) is 2.96. The zero-order valence-corrected chi connectivity index (χ0v) is 15.1. The van der Waals surface area contributed by atoms with Crippen LogP contribution in [0.1, 0.15) is 19.4 Å². The van der Waals surface area contributed by atoms with Crippen LogP contribution in [0.2, 0.25) is 0 Å². The van der Waals surface area contributed by atoms with Crippen molar-refractivity contribution in [2.45, 2.75) is 19.1 Å². The van der Waals surface area contributed by atoms with E-state index in [0.717, 1.165) is 26.7 Å². The molecule has 1 heterocycles. The van der Waals surface area contributed by atoms with E-state index < -0.39 is 11.0 Å². The molecule has 0 bridgehead atoms. The average Bonchev–Trinajstić information content (AvgIpc) is 2.95. The number of hydrogen-bond acceptors (Lipinski definition) is 3. The molecule has 118 valence electrons. The third-order valence-electron chi connectivity index (χ3n) is 3.35. The molecule has 0 fully saturated rings. The maximum absolute atomic E-state index is 11.8. The lowest BCUT2D eigenvalue weighted by atomic mass is 10.0. The van der Waals surface area contributed by atoms with E-state index >= 15 is 0 Å². The van der Waals surface area contributed by atoms with Gasteiger partial charge in [-0.1, -0.05) is 45.4 Å². The van der Waals surface area contributed by atoms with Crippen LogP contribution < -0.4 is 0 Å². The van der Waals surface area contributed by atoms with Crippen molar-refractivity contribution in [3.05, 3.63) is 52.5 Å². The Morgan fingerprint density at radius 1 is 1.26 bits per heavy atom. The monoisotopic (exact) mass is 390 g/mol. The molecule has 23 heavy (non-hydrogen) atoms. The highest BCUT2D eigenvalue weighted by Crippen LogP contribution is 2.31. The van der Waals surface area contributed by atoms with E-state index in [1.54, 1.807) is 6.21 Å². The lowest BCUT2D eigenvalue weighted by molar-refractivity contribution is 0.459. The van der Waals surface area contributed by atoms with Gasteiger partial charge in [-0.15, -0.1) is 0 Å². The number of rotatable bonds is 4. The van der Waals surface area contributed by atoms with Crippen molar-refractivity contribution >= 4 is 44.1 Å². The Morgan fingerprint density at radius 3 is 2.83 bits per heavy atom. The lowest BCUT2D eigenvalue weighted by Gasteiger charge is -2.03. The minimum atomic E-state index is -1.24. The maximum atomic E-state index is 11.8. The third kappa shape index (κ3) is 3.43. The van der Waals surface area contributed by atoms with Crippen molar-refractivity contribution < 1.29 is 8.73 Å². The Morgan fingerprint density at radius 2 is 2.04 bits per heavy atom. The molecule has 0 amide bonds. The van der Waals surface area contributed by atoms with E-state index in [9.17, 15) is 4.21 Å². The highest BCUT2D eigenvalue weighted by atomic mass is 79.9. The van der Waals surface area contributed by atoms with E-state index in [2.05, 4.69) is 25.5 Å². The molecule has 0 saturated carbocycles. The standard InChI is InChI=1S/C17H15BrN2O2S/c1-11(2)23(21)19-10-12-5-3-4-6-14(12)17-15-8-7-13(18)9-16(15)22-20-17/h3-11H,1-2H3/b19-10+/t23-/m0/s1. The smallest absolute Gasteiger partial charge is 0.168 e. The van der Waals surface area contributed by atoms with Crippen molar-refractivity contribution in [1.29, 1.82) is 0 Å². The summed E-state index contributed by atoms with van der Waals surface area (Å²) < 4.78 is 22.3. The first-order valence-corrected chi connectivity index (χ1v) is 9.11. The van der Waals surface area contributed by atoms with Crippen LogP contribution in [0.15, 0.2) is 55.9 Å². The van der Waals surface area contributed by atoms with Gasteiger partial charge < -0.3 is 4.52 Å². The van der Waals surface area contributed by atoms with Crippen molar-refractivity contribution in [2.24, 2.45) is 4.40 Å². The van der Waals surface area contributed by atoms with Gasteiger partial charge >= 0.3 is 0 Å². The van der Waals surface area contributed by atoms with Crippen LogP contribution in [0.5, 0.6) is 0 Å². The van der Waals surface area contributed by atoms with Crippen LogP contribution in [0.4, 0.5) is 0 Å². The SMILES string of the molecule is CC(C)[S@](=O)/N=C/c1ccccc1-c1noc2cc(Br)ccc12. The Bertz CT molecular complexity index is 902. The first-order valence-electron chi connectivity index (χ1n) is 7.15. The minimum absolute atomic E-state index is 0.0105. The number of aromatic nitrogens is 1. The summed E-state index contributed by atoms with van der Waals surface area (Å²) in [4.78, 5) is 0. The molecule has 2 aromatic carbocycles. The second-order valence-electron chi connectivity index (χ2n) is 5.32. The summed E-state index contributed by atoms with van der Waals surface area (Å²) in [6.07, 6.45) is 1.64. The van der Waals surface area contributed by atoms with Gasteiger partial charge in [0.05, 0.1) is 5.25 Å². The average molecular weight is 391 g/mol. The van der Waals surface area contributed by atoms with Crippen molar-refractivity contribution in [2.75, 3.05) is 0 Å². The molecule has 0 saturated heterocycles. The summed E-state index contributed by atoms with van der Waals surface area (Å²) >= 11 is 3.42. The van der Waals surface area contributed by atoms with E-state index in [1.807, 2.05) is 56.3 Å². The number of nitrogens with zero attached hydrogens (tertiary/aromatic N) is 2. The number of benzene rings is 2. The normalized spacial score (nSPS) is 13.2. The summed E-state index contributed by atoms with van der Waals surface area (Å²) in [7, 11) is -1.24. The zero-order valence-electron chi connectivity index (χ0n) is 12.7. The zero-order chi connectivity index (χ0) is 16.4. The fraction of sp³-hybridized carbons (Fsp3) is 0.176. The minimum Gasteiger partial charge on any atom is -0.356 e. The summed E-state index contributed by atoms with van der Waals surface area (Å²) in [5.41, 5.74) is 3.23. The molecular weight excluding hydrogens is 376 g/mol. The van der Waals surface area contributed by atoms with Gasteiger partial charge in [0.2, 0.25) is 0 Å². The molecule has 6 heteroatoms. The molecule has 0 spiro atoms. The van der Waals surface area contributed by atoms with Gasteiger partial charge in [-0.25, -0.2) is 4.21 Å². The molecule has 0 unspecified atom stereocenters. The first kappa shape index (κ1) is 16.1. The molecule has 4 nitrogen and oxygen atoms in total. The molecule has 0 aliphatic carbocycles. The fourth-order valence-electron chi connectivity index (χ4n) is 2.16. The number of halogens is 1. The van der Waals surface area contributed by atoms with Crippen LogP contribution in [0.3, 0.4) is 0 Å². The highest BCUT2D eigenvalue weighted by Gasteiger charge is 2.13. The molecule has 1 aromatic heterocycles. The Hall–Kier alpha value is -1.79. The van der Waals surface area contributed by atoms with Gasteiger partial charge in [-0.2, -0.15) is 4.40 Å². The number of hydrogen-bond donors (Lipinski definition) is 0. The Kier molecular flexibility index (Phi) is 4.73. The first-order chi connectivity index (χ1) is 11.1. The second-order valence-corrected chi connectivity index (χ2v) is 7.94. The summed E-state index contributed by atoms with van der Waals surface area (Å²) in [5.74, 6) is 0. The van der Waals surface area contributed by atoms with E-state index in [1.165, 1.54) is 0 Å². The highest BCUT2D eigenvalue weighted by molar-refractivity contribution is 9.10. The van der Waals surface area contributed by atoms with Gasteiger partial charge in [0.15, 0.2) is 5.58 Å². The third-order valence-corrected chi connectivity index (χ3v) is 4.96. The summed E-state index contributed by atoms with van der Waals surface area (Å²) in [5, 5.41) is 5.12. The van der Waals surface area contributed by atoms with Gasteiger partial charge in [0.1, 0.15) is 16.7 Å². The van der Waals surface area contributed by atoms with Crippen LogP contribution in [0, 0.1) is 0 Å². The van der Waals surface area contributed by atoms with Crippen molar-refractivity contribution in [1.82, 2.24) is 5.16 Å². The topological polar surface area (TPSA) is 55.5 Å². The molecular formula is C17H15BrN2O2S. The molecule has 3 aromatic rings. The second kappa shape index (κ2) is 6.76. The van der Waals surface area contributed by atoms with Gasteiger partial charge in [0, 0.05) is 27.2 Å². The molecule has 0 aliphatic rings. The molecule has 0 aliphatic heterocycles. The molecule has 3 rings (SSSR count). The summed E-state index contributed by atoms with van der Waals surface area (Å²) in [6, 6.07) is 13.5. The predicted molar refractivity (Wildman–Crippen MR) is 98.0 cm³/mol. The number of fused-ring (bicyclic) bond motifs is 1.